The van der Waals surface area contributed by atoms with E-state index in [1.54, 1.807) is 6.07 Å². The molecule has 0 aliphatic heterocycles. The molecule has 5 nitrogen and oxygen atoms in total. The minimum absolute atomic E-state index is 0.121. The van der Waals surface area contributed by atoms with Crippen molar-refractivity contribution < 1.29 is 13.2 Å². The first kappa shape index (κ1) is 19.8. The maximum Gasteiger partial charge on any atom is 0.253 e. The summed E-state index contributed by atoms with van der Waals surface area (Å²) in [6, 6.07) is 10.6. The van der Waals surface area contributed by atoms with Gasteiger partial charge in [-0.3, -0.25) is 4.79 Å². The van der Waals surface area contributed by atoms with Crippen molar-refractivity contribution in [1.82, 2.24) is 4.31 Å². The van der Waals surface area contributed by atoms with E-state index in [1.807, 2.05) is 24.3 Å². The molecule has 1 aliphatic rings. The lowest BCUT2D eigenvalue weighted by atomic mass is 10.2. The van der Waals surface area contributed by atoms with Crippen LogP contribution in [-0.2, 0) is 21.4 Å². The lowest BCUT2D eigenvalue weighted by Gasteiger charge is -2.22. The number of benzene rings is 1. The summed E-state index contributed by atoms with van der Waals surface area (Å²) in [7, 11) is -3.66. The summed E-state index contributed by atoms with van der Waals surface area (Å²) >= 11 is 10.4. The molecule has 0 saturated heterocycles. The molecule has 1 fully saturated rings. The number of carbonyl (C=O) groups is 1. The zero-order chi connectivity index (χ0) is 18.9. The van der Waals surface area contributed by atoms with Gasteiger partial charge >= 0.3 is 0 Å². The van der Waals surface area contributed by atoms with E-state index in [-0.39, 0.29) is 35.0 Å². The highest BCUT2D eigenvalue weighted by Crippen LogP contribution is 2.43. The summed E-state index contributed by atoms with van der Waals surface area (Å²) in [6.07, 6.45) is 1.62. The summed E-state index contributed by atoms with van der Waals surface area (Å²) < 4.78 is 29.5. The Morgan fingerprint density at radius 2 is 1.96 bits per heavy atom. The highest BCUT2D eigenvalue weighted by molar-refractivity contribution is 9.10. The van der Waals surface area contributed by atoms with Crippen LogP contribution in [-0.4, -0.2) is 24.7 Å². The van der Waals surface area contributed by atoms with Gasteiger partial charge in [0, 0.05) is 23.5 Å². The average molecular weight is 478 g/mol. The van der Waals surface area contributed by atoms with Crippen LogP contribution in [0, 0.1) is 5.92 Å². The molecular formula is C17H18BrClN2O3S2. The maximum atomic E-state index is 13.2. The number of hydrogen-bond donors (Lipinski definition) is 1. The van der Waals surface area contributed by atoms with Crippen LogP contribution in [0.1, 0.15) is 24.8 Å². The molecule has 140 valence electrons. The second-order valence-electron chi connectivity index (χ2n) is 6.30. The van der Waals surface area contributed by atoms with E-state index in [4.69, 9.17) is 17.3 Å². The molecule has 9 heteroatoms. The summed E-state index contributed by atoms with van der Waals surface area (Å²) in [5, 5.41) is 0. The third-order valence-corrected chi connectivity index (χ3v) is 8.48. The van der Waals surface area contributed by atoms with E-state index >= 15 is 0 Å². The van der Waals surface area contributed by atoms with Crippen molar-refractivity contribution in [2.75, 3.05) is 0 Å². The fourth-order valence-corrected chi connectivity index (χ4v) is 6.49. The zero-order valence-corrected chi connectivity index (χ0v) is 17.7. The first-order chi connectivity index (χ1) is 12.3. The minimum atomic E-state index is -3.66. The minimum Gasteiger partial charge on any atom is -0.370 e. The highest BCUT2D eigenvalue weighted by Gasteiger charge is 2.47. The number of sulfonamides is 1. The van der Waals surface area contributed by atoms with Crippen molar-refractivity contribution >= 4 is 54.8 Å². The van der Waals surface area contributed by atoms with E-state index in [9.17, 15) is 13.2 Å². The third kappa shape index (κ3) is 4.67. The zero-order valence-electron chi connectivity index (χ0n) is 13.8. The van der Waals surface area contributed by atoms with E-state index < -0.39 is 10.0 Å². The van der Waals surface area contributed by atoms with Crippen molar-refractivity contribution in [3.63, 3.8) is 0 Å². The van der Waals surface area contributed by atoms with Crippen LogP contribution in [0.5, 0.6) is 0 Å². The monoisotopic (exact) mass is 476 g/mol. The number of rotatable bonds is 8. The Bertz CT molecular complexity index is 899. The van der Waals surface area contributed by atoms with Crippen LogP contribution in [0.25, 0.3) is 0 Å². The van der Waals surface area contributed by atoms with Crippen LogP contribution >= 0.6 is 38.9 Å². The number of nitrogens with two attached hydrogens (primary N) is 1. The molecule has 2 unspecified atom stereocenters. The second-order valence-corrected chi connectivity index (χ2v) is 11.1. The SMILES string of the molecule is NC(=O)CCC1CC1N(Cc1ccc(Br)cc1)S(=O)(=O)c1ccc(Cl)s1. The molecule has 2 atom stereocenters. The molecule has 2 N–H and O–H groups in total. The predicted octanol–water partition coefficient (Wildman–Crippen LogP) is 4.01. The second kappa shape index (κ2) is 7.98. The molecule has 1 aromatic heterocycles. The number of hydrogen-bond acceptors (Lipinski definition) is 4. The largest absolute Gasteiger partial charge is 0.370 e. The topological polar surface area (TPSA) is 80.5 Å². The summed E-state index contributed by atoms with van der Waals surface area (Å²) in [5.41, 5.74) is 6.12. The van der Waals surface area contributed by atoms with E-state index in [0.29, 0.717) is 10.8 Å². The van der Waals surface area contributed by atoms with Crippen molar-refractivity contribution in [3.8, 4) is 0 Å². The molecule has 3 rings (SSSR count). The molecule has 26 heavy (non-hydrogen) atoms. The van der Waals surface area contributed by atoms with Crippen LogP contribution in [0.15, 0.2) is 45.1 Å². The van der Waals surface area contributed by atoms with Crippen molar-refractivity contribution in [3.05, 3.63) is 50.8 Å². The number of amides is 1. The molecule has 1 heterocycles. The van der Waals surface area contributed by atoms with E-state index in [1.165, 1.54) is 10.4 Å². The summed E-state index contributed by atoms with van der Waals surface area (Å²) in [5.74, 6) is -0.203. The Balaban J connectivity index is 1.84. The van der Waals surface area contributed by atoms with Crippen LogP contribution in [0.2, 0.25) is 4.34 Å². The van der Waals surface area contributed by atoms with Gasteiger partial charge < -0.3 is 5.73 Å². The molecule has 1 aromatic carbocycles. The number of thiophene rings is 1. The standard InChI is InChI=1S/C17H18BrClN2O3S2/c18-13-4-1-11(2-5-13)10-21(14-9-12(14)3-7-16(20)22)26(23,24)17-8-6-15(19)25-17/h1-2,4-6,8,12,14H,3,7,9-10H2,(H2,20,22). The van der Waals surface area contributed by atoms with Gasteiger partial charge in [0.15, 0.2) is 0 Å². The van der Waals surface area contributed by atoms with Crippen LogP contribution in [0.3, 0.4) is 0 Å². The highest BCUT2D eigenvalue weighted by atomic mass is 79.9. The molecule has 1 saturated carbocycles. The molecular weight excluding hydrogens is 460 g/mol. The number of halogens is 2. The number of nitrogens with zero attached hydrogens (tertiary/aromatic N) is 1. The number of carbonyl (C=O) groups excluding carboxylic acids is 1. The summed E-state index contributed by atoms with van der Waals surface area (Å²) in [6.45, 7) is 0.281. The van der Waals surface area contributed by atoms with Crippen molar-refractivity contribution in [1.29, 1.82) is 0 Å². The lowest BCUT2D eigenvalue weighted by Crippen LogP contribution is -2.33. The third-order valence-electron chi connectivity index (χ3n) is 4.38. The first-order valence-corrected chi connectivity index (χ1v) is 11.5. The Morgan fingerprint density at radius 1 is 1.27 bits per heavy atom. The van der Waals surface area contributed by atoms with Gasteiger partial charge in [-0.2, -0.15) is 4.31 Å². The molecule has 1 aliphatic carbocycles. The molecule has 0 radical (unpaired) electrons. The van der Waals surface area contributed by atoms with Crippen LogP contribution in [0.4, 0.5) is 0 Å². The van der Waals surface area contributed by atoms with Gasteiger partial charge in [-0.15, -0.1) is 11.3 Å². The maximum absolute atomic E-state index is 13.2. The van der Waals surface area contributed by atoms with Crippen LogP contribution < -0.4 is 5.73 Å². The van der Waals surface area contributed by atoms with Gasteiger partial charge in [0.25, 0.3) is 10.0 Å². The molecule has 2 aromatic rings. The van der Waals surface area contributed by atoms with E-state index in [0.717, 1.165) is 27.8 Å². The summed E-state index contributed by atoms with van der Waals surface area (Å²) in [4.78, 5) is 11.0. The van der Waals surface area contributed by atoms with E-state index in [2.05, 4.69) is 15.9 Å². The predicted molar refractivity (Wildman–Crippen MR) is 107 cm³/mol. The van der Waals surface area contributed by atoms with Crippen molar-refractivity contribution in [2.45, 2.75) is 36.1 Å². The van der Waals surface area contributed by atoms with Gasteiger partial charge in [-0.05, 0) is 48.6 Å². The Labute approximate surface area is 170 Å². The average Bonchev–Trinajstić information content (AvgIpc) is 3.21. The fourth-order valence-electron chi connectivity index (χ4n) is 2.92. The Kier molecular flexibility index (Phi) is 6.08. The normalized spacial score (nSPS) is 19.7. The van der Waals surface area contributed by atoms with Gasteiger partial charge in [0.2, 0.25) is 5.91 Å². The fraction of sp³-hybridized carbons (Fsp3) is 0.353. The number of primary amides is 1. The Hall–Kier alpha value is -0.930. The molecule has 0 bridgehead atoms. The first-order valence-electron chi connectivity index (χ1n) is 8.07. The van der Waals surface area contributed by atoms with Crippen molar-refractivity contribution in [2.24, 2.45) is 11.7 Å². The van der Waals surface area contributed by atoms with Gasteiger partial charge in [-0.25, -0.2) is 8.42 Å². The molecule has 0 spiro atoms. The van der Waals surface area contributed by atoms with Gasteiger partial charge in [0.05, 0.1) is 4.34 Å². The lowest BCUT2D eigenvalue weighted by molar-refractivity contribution is -0.118. The smallest absolute Gasteiger partial charge is 0.253 e. The quantitative estimate of drug-likeness (QED) is 0.624. The van der Waals surface area contributed by atoms with Gasteiger partial charge in [0.1, 0.15) is 4.21 Å². The van der Waals surface area contributed by atoms with Gasteiger partial charge in [-0.1, -0.05) is 39.7 Å². The Morgan fingerprint density at radius 3 is 2.54 bits per heavy atom. The molecule has 1 amide bonds.